The highest BCUT2D eigenvalue weighted by Crippen LogP contribution is 1.95. The van der Waals surface area contributed by atoms with Gasteiger partial charge in [-0.15, -0.1) is 0 Å². The molecule has 3 heteroatoms. The Bertz CT molecular complexity index is 123. The second kappa shape index (κ2) is 5.13. The molecule has 0 saturated carbocycles. The second-order valence-corrected chi connectivity index (χ2v) is 3.07. The van der Waals surface area contributed by atoms with Crippen LogP contribution in [0.1, 0.15) is 27.2 Å². The number of carbonyl (C=O) groups is 1. The van der Waals surface area contributed by atoms with E-state index in [0.717, 1.165) is 0 Å². The maximum absolute atomic E-state index is 10.8. The van der Waals surface area contributed by atoms with Crippen molar-refractivity contribution in [2.45, 2.75) is 33.2 Å². The van der Waals surface area contributed by atoms with Gasteiger partial charge in [0.15, 0.2) is 0 Å². The lowest BCUT2D eigenvalue weighted by molar-refractivity contribution is -0.120. The molecule has 0 rings (SSSR count). The standard InChI is InChI=1S/C8H18N2O/c1-4-8(11)10-5-7(9)6(2)3/h6-7H,4-5,9H2,1-3H3,(H,10,11). The van der Waals surface area contributed by atoms with Gasteiger partial charge in [0.2, 0.25) is 5.91 Å². The molecule has 0 spiro atoms. The van der Waals surface area contributed by atoms with Crippen LogP contribution in [-0.2, 0) is 4.79 Å². The highest BCUT2D eigenvalue weighted by Gasteiger charge is 2.07. The Morgan fingerprint density at radius 2 is 2.09 bits per heavy atom. The molecule has 0 aliphatic heterocycles. The zero-order valence-electron chi connectivity index (χ0n) is 7.55. The van der Waals surface area contributed by atoms with E-state index in [4.69, 9.17) is 5.73 Å². The zero-order valence-corrected chi connectivity index (χ0v) is 7.55. The van der Waals surface area contributed by atoms with Gasteiger partial charge in [-0.3, -0.25) is 4.79 Å². The van der Waals surface area contributed by atoms with E-state index in [-0.39, 0.29) is 11.9 Å². The van der Waals surface area contributed by atoms with E-state index >= 15 is 0 Å². The van der Waals surface area contributed by atoms with E-state index in [1.54, 1.807) is 0 Å². The van der Waals surface area contributed by atoms with E-state index in [0.29, 0.717) is 18.9 Å². The number of rotatable bonds is 4. The van der Waals surface area contributed by atoms with Crippen molar-refractivity contribution in [3.63, 3.8) is 0 Å². The molecule has 0 aromatic carbocycles. The SMILES string of the molecule is CCC(=O)NCC(N)C(C)C. The predicted molar refractivity (Wildman–Crippen MR) is 46.1 cm³/mol. The lowest BCUT2D eigenvalue weighted by atomic mass is 10.1. The van der Waals surface area contributed by atoms with Crippen LogP contribution in [0.2, 0.25) is 0 Å². The Hall–Kier alpha value is -0.570. The van der Waals surface area contributed by atoms with E-state index in [1.165, 1.54) is 0 Å². The summed E-state index contributed by atoms with van der Waals surface area (Å²) in [6, 6.07) is 0.0745. The van der Waals surface area contributed by atoms with E-state index in [9.17, 15) is 4.79 Å². The molecule has 1 atom stereocenters. The summed E-state index contributed by atoms with van der Waals surface area (Å²) in [7, 11) is 0. The number of nitrogens with two attached hydrogens (primary N) is 1. The van der Waals surface area contributed by atoms with Gasteiger partial charge in [-0.1, -0.05) is 20.8 Å². The van der Waals surface area contributed by atoms with Crippen molar-refractivity contribution < 1.29 is 4.79 Å². The van der Waals surface area contributed by atoms with Crippen LogP contribution < -0.4 is 11.1 Å². The van der Waals surface area contributed by atoms with Gasteiger partial charge >= 0.3 is 0 Å². The first-order valence-electron chi connectivity index (χ1n) is 4.10. The van der Waals surface area contributed by atoms with Crippen molar-refractivity contribution in [1.82, 2.24) is 5.32 Å². The van der Waals surface area contributed by atoms with Gasteiger partial charge in [-0.2, -0.15) is 0 Å². The van der Waals surface area contributed by atoms with Gasteiger partial charge in [0.1, 0.15) is 0 Å². The van der Waals surface area contributed by atoms with Crippen molar-refractivity contribution in [2.75, 3.05) is 6.54 Å². The van der Waals surface area contributed by atoms with Crippen LogP contribution >= 0.6 is 0 Å². The van der Waals surface area contributed by atoms with Crippen molar-refractivity contribution >= 4 is 5.91 Å². The Morgan fingerprint density at radius 1 is 1.55 bits per heavy atom. The summed E-state index contributed by atoms with van der Waals surface area (Å²) in [4.78, 5) is 10.8. The molecule has 0 saturated heterocycles. The molecular formula is C8H18N2O. The van der Waals surface area contributed by atoms with Crippen molar-refractivity contribution in [1.29, 1.82) is 0 Å². The van der Waals surface area contributed by atoms with Gasteiger partial charge in [0.25, 0.3) is 0 Å². The Labute approximate surface area is 68.3 Å². The molecule has 3 nitrogen and oxygen atoms in total. The molecule has 0 heterocycles. The molecule has 11 heavy (non-hydrogen) atoms. The third kappa shape index (κ3) is 4.79. The first-order chi connectivity index (χ1) is 5.07. The predicted octanol–water partition coefficient (Wildman–Crippen LogP) is 0.496. The van der Waals surface area contributed by atoms with Crippen molar-refractivity contribution in [3.05, 3.63) is 0 Å². The summed E-state index contributed by atoms with van der Waals surface area (Å²) in [6.07, 6.45) is 0.533. The van der Waals surface area contributed by atoms with E-state index < -0.39 is 0 Å². The molecule has 0 aromatic rings. The molecule has 3 N–H and O–H groups in total. The monoisotopic (exact) mass is 158 g/mol. The van der Waals surface area contributed by atoms with Crippen LogP contribution in [0.3, 0.4) is 0 Å². The van der Waals surface area contributed by atoms with Gasteiger partial charge in [0.05, 0.1) is 0 Å². The van der Waals surface area contributed by atoms with Gasteiger partial charge in [-0.05, 0) is 5.92 Å². The maximum atomic E-state index is 10.8. The summed E-state index contributed by atoms with van der Waals surface area (Å²) in [5.41, 5.74) is 5.70. The highest BCUT2D eigenvalue weighted by atomic mass is 16.1. The van der Waals surface area contributed by atoms with Crippen LogP contribution in [0.5, 0.6) is 0 Å². The summed E-state index contributed by atoms with van der Waals surface area (Å²) in [5.74, 6) is 0.494. The minimum atomic E-state index is 0.0705. The molecule has 0 radical (unpaired) electrons. The van der Waals surface area contributed by atoms with Crippen LogP contribution in [-0.4, -0.2) is 18.5 Å². The van der Waals surface area contributed by atoms with Crippen LogP contribution in [0, 0.1) is 5.92 Å². The third-order valence-corrected chi connectivity index (χ3v) is 1.71. The first kappa shape index (κ1) is 10.4. The molecule has 0 fully saturated rings. The summed E-state index contributed by atoms with van der Waals surface area (Å²) in [6.45, 7) is 6.51. The highest BCUT2D eigenvalue weighted by molar-refractivity contribution is 5.75. The molecule has 66 valence electrons. The molecule has 0 aliphatic carbocycles. The van der Waals surface area contributed by atoms with Gasteiger partial charge < -0.3 is 11.1 Å². The fourth-order valence-corrected chi connectivity index (χ4v) is 0.592. The quantitative estimate of drug-likeness (QED) is 0.626. The summed E-state index contributed by atoms with van der Waals surface area (Å²) < 4.78 is 0. The normalized spacial score (nSPS) is 13.2. The number of nitrogens with one attached hydrogen (secondary N) is 1. The van der Waals surface area contributed by atoms with Crippen LogP contribution in [0.25, 0.3) is 0 Å². The molecule has 1 unspecified atom stereocenters. The minimum Gasteiger partial charge on any atom is -0.355 e. The molecule has 1 amide bonds. The summed E-state index contributed by atoms with van der Waals surface area (Å²) >= 11 is 0. The second-order valence-electron chi connectivity index (χ2n) is 3.07. The Morgan fingerprint density at radius 3 is 2.45 bits per heavy atom. The minimum absolute atomic E-state index is 0.0705. The fourth-order valence-electron chi connectivity index (χ4n) is 0.592. The van der Waals surface area contributed by atoms with Crippen molar-refractivity contribution in [2.24, 2.45) is 11.7 Å². The summed E-state index contributed by atoms with van der Waals surface area (Å²) in [5, 5.41) is 2.75. The number of hydrogen-bond acceptors (Lipinski definition) is 2. The Balaban J connectivity index is 3.45. The fraction of sp³-hybridized carbons (Fsp3) is 0.875. The number of carbonyl (C=O) groups excluding carboxylic acids is 1. The van der Waals surface area contributed by atoms with Crippen LogP contribution in [0.15, 0.2) is 0 Å². The number of hydrogen-bond donors (Lipinski definition) is 2. The Kier molecular flexibility index (Phi) is 4.86. The van der Waals surface area contributed by atoms with Gasteiger partial charge in [-0.25, -0.2) is 0 Å². The average Bonchev–Trinajstić information content (AvgIpc) is 1.99. The van der Waals surface area contributed by atoms with Crippen LogP contribution in [0.4, 0.5) is 0 Å². The van der Waals surface area contributed by atoms with Gasteiger partial charge in [0, 0.05) is 19.0 Å². The largest absolute Gasteiger partial charge is 0.355 e. The zero-order chi connectivity index (χ0) is 8.85. The van der Waals surface area contributed by atoms with Crippen molar-refractivity contribution in [3.8, 4) is 0 Å². The molecule has 0 bridgehead atoms. The first-order valence-corrected chi connectivity index (χ1v) is 4.10. The van der Waals surface area contributed by atoms with E-state index in [1.807, 2.05) is 20.8 Å². The molecule has 0 aromatic heterocycles. The average molecular weight is 158 g/mol. The smallest absolute Gasteiger partial charge is 0.219 e. The van der Waals surface area contributed by atoms with E-state index in [2.05, 4.69) is 5.32 Å². The lowest BCUT2D eigenvalue weighted by Gasteiger charge is -2.15. The lowest BCUT2D eigenvalue weighted by Crippen LogP contribution is -2.40. The molecular weight excluding hydrogens is 140 g/mol. The number of amides is 1. The molecule has 0 aliphatic rings. The third-order valence-electron chi connectivity index (χ3n) is 1.71. The topological polar surface area (TPSA) is 55.1 Å². The maximum Gasteiger partial charge on any atom is 0.219 e.